The Morgan fingerprint density at radius 1 is 0.624 bits per heavy atom. The fraction of sp³-hybridized carbons (Fsp3) is 0.449. The lowest BCUT2D eigenvalue weighted by molar-refractivity contribution is -0.438. The number of carbonyl (C=O) groups is 4. The van der Waals surface area contributed by atoms with Gasteiger partial charge in [-0.2, -0.15) is 38.2 Å². The molecule has 39 heteroatoms. The van der Waals surface area contributed by atoms with Gasteiger partial charge in [0.1, 0.15) is 35.0 Å². The lowest BCUT2D eigenvalue weighted by Gasteiger charge is -2.27. The van der Waals surface area contributed by atoms with Crippen molar-refractivity contribution in [3.63, 3.8) is 0 Å². The lowest BCUT2D eigenvalue weighted by Crippen LogP contribution is -2.53. The van der Waals surface area contributed by atoms with Gasteiger partial charge in [0.25, 0.3) is 40.5 Å². The number of fused-ring (bicyclic) bond motifs is 2. The maximum absolute atomic E-state index is 15.9. The van der Waals surface area contributed by atoms with E-state index < -0.39 is 170 Å². The summed E-state index contributed by atoms with van der Waals surface area (Å²) in [5, 5.41) is 25.8. The summed E-state index contributed by atoms with van der Waals surface area (Å²) in [6, 6.07) is 19.5. The molecule has 2 aliphatic carbocycles. The van der Waals surface area contributed by atoms with Crippen molar-refractivity contribution in [1.82, 2.24) is 16.0 Å². The van der Waals surface area contributed by atoms with Gasteiger partial charge in [0.2, 0.25) is 33.4 Å². The molecule has 2 aliphatic heterocycles. The molecular formula is C78H97F3N7O23S6+. The van der Waals surface area contributed by atoms with Crippen LogP contribution in [0, 0.1) is 17.5 Å². The highest BCUT2D eigenvalue weighted by atomic mass is 32.2. The highest BCUT2D eigenvalue weighted by molar-refractivity contribution is 7.91. The van der Waals surface area contributed by atoms with Gasteiger partial charge < -0.3 is 40.7 Å². The van der Waals surface area contributed by atoms with E-state index in [-0.39, 0.29) is 93.3 Å². The van der Waals surface area contributed by atoms with Crippen molar-refractivity contribution in [2.24, 2.45) is 5.14 Å². The normalized spacial score (nSPS) is 17.5. The van der Waals surface area contributed by atoms with Crippen molar-refractivity contribution in [2.75, 3.05) is 60.3 Å². The van der Waals surface area contributed by atoms with Gasteiger partial charge >= 0.3 is 5.97 Å². The summed E-state index contributed by atoms with van der Waals surface area (Å²) < 4.78 is 249. The molecule has 1 saturated carbocycles. The molecule has 30 nitrogen and oxygen atoms in total. The van der Waals surface area contributed by atoms with E-state index in [9.17, 15) is 93.0 Å². The molecule has 638 valence electrons. The number of hydrogen-bond donors (Lipinski definition) is 10. The molecule has 0 bridgehead atoms. The standard InChI is InChI=1S/C78H96F3N7O23S6/c1-77(2)58-48-56(116(104,105)106)30-32-62(58)87(39-13-15-43-113(96,97)98)64(77)34-26-52-20-17-21-53(27-35-65-78(3,4)59-49-57(117(107,108)109)31-33-63(59)88(65)40-14-16-44-114(99,100)101)72(52)111-55-28-24-51(25-29-55)47-61(76(92)93)86-75(91)60(46-50-18-9-8-10-19-50)85-67(90)36-41-110-42-38-83-66(89)37-45-112(94,95)74-69(80)68(79)73(115(82,102)103)70(81)71(74)84-54-22-11-6-5-7-12-23-54/h8-10,18-19,24-35,48-49,54,60-61,84H,5-7,11-17,20-23,36-47H2,1-4H3,(H9-,82,83,85,86,89,90,91,92,93,96,97,98,99,100,101,102,103,104,105,106,107,108,109)/p+1/t60-,61-/m0/s1. The molecule has 9 rings (SSSR count). The Balaban J connectivity index is 0.916. The van der Waals surface area contributed by atoms with Crippen molar-refractivity contribution in [1.29, 1.82) is 0 Å². The third-order valence-electron chi connectivity index (χ3n) is 20.8. The molecule has 3 amide bonds. The van der Waals surface area contributed by atoms with E-state index >= 15 is 13.2 Å². The molecule has 5 aromatic carbocycles. The Kier molecular flexibility index (Phi) is 30.4. The van der Waals surface area contributed by atoms with E-state index in [1.54, 1.807) is 54.6 Å². The summed E-state index contributed by atoms with van der Waals surface area (Å²) in [6.07, 6.45) is 12.2. The van der Waals surface area contributed by atoms with Crippen LogP contribution in [-0.2, 0) is 108 Å². The van der Waals surface area contributed by atoms with Crippen molar-refractivity contribution >= 4 is 107 Å². The average Bonchev–Trinajstić information content (AvgIpc) is 1.71. The van der Waals surface area contributed by atoms with Crippen LogP contribution in [0.1, 0.15) is 153 Å². The third-order valence-corrected chi connectivity index (χ3v) is 26.8. The van der Waals surface area contributed by atoms with Crippen molar-refractivity contribution in [3.8, 4) is 5.75 Å². The number of halogens is 3. The topological polar surface area (TPSA) is 473 Å². The number of sulfonamides is 1. The molecule has 0 spiro atoms. The quantitative estimate of drug-likeness (QED) is 0.00761. The van der Waals surface area contributed by atoms with Crippen LogP contribution in [0.15, 0.2) is 157 Å². The largest absolute Gasteiger partial charge is 0.480 e. The number of primary sulfonamides is 1. The molecule has 0 aromatic heterocycles. The first-order valence-corrected chi connectivity index (χ1v) is 47.1. The van der Waals surface area contributed by atoms with Crippen molar-refractivity contribution in [2.45, 2.75) is 192 Å². The molecule has 0 radical (unpaired) electrons. The van der Waals surface area contributed by atoms with Gasteiger partial charge in [-0.25, -0.2) is 39.9 Å². The highest BCUT2D eigenvalue weighted by Gasteiger charge is 2.46. The number of ether oxygens (including phenoxy) is 2. The molecule has 5 aromatic rings. The predicted molar refractivity (Wildman–Crippen MR) is 428 cm³/mol. The molecular weight excluding hydrogens is 1650 g/mol. The number of benzene rings is 5. The van der Waals surface area contributed by atoms with Crippen LogP contribution < -0.4 is 36.0 Å². The first kappa shape index (κ1) is 92.1. The summed E-state index contributed by atoms with van der Waals surface area (Å²) in [5.74, 6) is -12.0. The first-order valence-electron chi connectivity index (χ1n) is 37.8. The number of nitrogens with two attached hydrogens (primary N) is 1. The minimum absolute atomic E-state index is 0.0649. The van der Waals surface area contributed by atoms with Crippen LogP contribution >= 0.6 is 0 Å². The number of allylic oxidation sites excluding steroid dienone is 7. The maximum atomic E-state index is 15.9. The Bertz CT molecular complexity index is 5480. The van der Waals surface area contributed by atoms with Gasteiger partial charge in [0.15, 0.2) is 37.9 Å². The van der Waals surface area contributed by atoms with Crippen molar-refractivity contribution < 1.29 is 120 Å². The number of carboxylic acids is 1. The van der Waals surface area contributed by atoms with Crippen LogP contribution in [0.2, 0.25) is 0 Å². The molecule has 117 heavy (non-hydrogen) atoms. The smallest absolute Gasteiger partial charge is 0.326 e. The monoisotopic (exact) mass is 1750 g/mol. The molecule has 4 aliphatic rings. The second-order valence-corrected chi connectivity index (χ2v) is 39.7. The second kappa shape index (κ2) is 38.5. The summed E-state index contributed by atoms with van der Waals surface area (Å²) >= 11 is 0. The van der Waals surface area contributed by atoms with E-state index in [4.69, 9.17) is 14.6 Å². The number of hydrogen-bond acceptors (Lipinski definition) is 20. The number of carboxylic acid groups (broad SMARTS) is 1. The van der Waals surface area contributed by atoms with Gasteiger partial charge in [-0.05, 0) is 148 Å². The zero-order chi connectivity index (χ0) is 85.8. The number of anilines is 2. The van der Waals surface area contributed by atoms with Crippen LogP contribution in [0.4, 0.5) is 30.2 Å². The van der Waals surface area contributed by atoms with Gasteiger partial charge in [0.05, 0.1) is 51.4 Å². The fourth-order valence-electron chi connectivity index (χ4n) is 14.8. The summed E-state index contributed by atoms with van der Waals surface area (Å²) in [4.78, 5) is 51.6. The Hall–Kier alpha value is -8.74. The minimum atomic E-state index is -5.25. The number of nitrogens with zero attached hydrogens (tertiary/aromatic N) is 2. The molecule has 11 N–H and O–H groups in total. The number of amides is 3. The van der Waals surface area contributed by atoms with E-state index in [1.165, 1.54) is 36.4 Å². The zero-order valence-corrected chi connectivity index (χ0v) is 69.6. The van der Waals surface area contributed by atoms with Crippen molar-refractivity contribution in [3.05, 3.63) is 178 Å². The van der Waals surface area contributed by atoms with Crippen LogP contribution in [0.25, 0.3) is 0 Å². The van der Waals surface area contributed by atoms with Gasteiger partial charge in [-0.3, -0.25) is 32.6 Å². The van der Waals surface area contributed by atoms with Crippen LogP contribution in [0.5, 0.6) is 5.75 Å². The van der Waals surface area contributed by atoms with Gasteiger partial charge in [0, 0.05) is 85.7 Å². The van der Waals surface area contributed by atoms with E-state index in [0.29, 0.717) is 107 Å². The predicted octanol–water partition coefficient (Wildman–Crippen LogP) is 9.39. The maximum Gasteiger partial charge on any atom is 0.326 e. The number of nitrogens with one attached hydrogen (secondary N) is 4. The number of aliphatic carboxylic acids is 1. The Morgan fingerprint density at radius 2 is 1.22 bits per heavy atom. The Morgan fingerprint density at radius 3 is 1.85 bits per heavy atom. The minimum Gasteiger partial charge on any atom is -0.480 e. The Labute approximate surface area is 679 Å². The number of unbranched alkanes of at least 4 members (excludes halogenated alkanes) is 2. The fourth-order valence-corrected chi connectivity index (χ4v) is 19.1. The van der Waals surface area contributed by atoms with Crippen LogP contribution in [0.3, 0.4) is 0 Å². The van der Waals surface area contributed by atoms with Crippen LogP contribution in [-0.4, -0.2) is 176 Å². The number of sulfone groups is 1. The highest BCUT2D eigenvalue weighted by Crippen LogP contribution is 2.50. The summed E-state index contributed by atoms with van der Waals surface area (Å²) in [7, 11) is -28.3. The van der Waals surface area contributed by atoms with E-state index in [2.05, 4.69) is 21.3 Å². The molecule has 2 atom stereocenters. The summed E-state index contributed by atoms with van der Waals surface area (Å²) in [5.41, 5.74) is 2.66. The molecule has 1 fully saturated rings. The zero-order valence-electron chi connectivity index (χ0n) is 64.7. The number of rotatable bonds is 38. The third kappa shape index (κ3) is 24.5. The van der Waals surface area contributed by atoms with E-state index in [1.807, 2.05) is 61.5 Å². The van der Waals surface area contributed by atoms with Gasteiger partial charge in [-0.1, -0.05) is 94.5 Å². The van der Waals surface area contributed by atoms with E-state index in [0.717, 1.165) is 19.3 Å². The molecule has 0 unspecified atom stereocenters. The SMILES string of the molecule is CC1(C)C(/C=C/C2=C(Oc3ccc(C[C@H](NC(=O)[C@H](Cc4ccccc4)NC(=O)CCOCCNC(=O)CCS(=O)(=O)c4c(F)c(F)c(S(N)(=O)=O)c(F)c4NC4CCCCCCC4)C(=O)O)cc3)C(=C/C=C3/N(CCCCS(=O)(=O)O)c4ccc(S(=O)(=O)O)cc4C3(C)C)/CCC2)=[N+](CCCCS(=O)(=O)O)c2ccc(S(=O)(=O)O)cc21. The summed E-state index contributed by atoms with van der Waals surface area (Å²) in [6.45, 7) is 7.00. The number of carbonyl (C=O) groups excluding carboxylic acids is 3. The molecule has 0 saturated heterocycles. The lowest BCUT2D eigenvalue weighted by atomic mass is 9.81. The average molecular weight is 1750 g/mol. The molecule has 2 heterocycles. The first-order chi connectivity index (χ1) is 54.7. The second-order valence-electron chi connectivity index (χ2n) is 30.2. The van der Waals surface area contributed by atoms with Gasteiger partial charge in [-0.15, -0.1) is 0 Å².